The molecule has 0 aliphatic heterocycles. The van der Waals surface area contributed by atoms with Crippen molar-refractivity contribution in [1.82, 2.24) is 0 Å². The summed E-state index contributed by atoms with van der Waals surface area (Å²) >= 11 is 0. The van der Waals surface area contributed by atoms with Crippen molar-refractivity contribution in [3.05, 3.63) is 0 Å². The van der Waals surface area contributed by atoms with Gasteiger partial charge in [0.1, 0.15) is 0 Å². The molecule has 12 heavy (non-hydrogen) atoms. The molecule has 0 heterocycles. The fourth-order valence-electron chi connectivity index (χ4n) is 0.881. The van der Waals surface area contributed by atoms with Crippen molar-refractivity contribution < 1.29 is 14.6 Å². The van der Waals surface area contributed by atoms with Gasteiger partial charge in [-0.25, -0.2) is 0 Å². The van der Waals surface area contributed by atoms with Crippen LogP contribution >= 0.6 is 0 Å². The van der Waals surface area contributed by atoms with Gasteiger partial charge >= 0.3 is 0 Å². The number of hydrogen-bond donors (Lipinski definition) is 2. The minimum atomic E-state index is -0.301. The molecule has 0 saturated heterocycles. The number of hydrogen-bond acceptors (Lipinski definition) is 4. The van der Waals surface area contributed by atoms with Crippen LogP contribution in [0.15, 0.2) is 0 Å². The molecule has 4 nitrogen and oxygen atoms in total. The van der Waals surface area contributed by atoms with Crippen LogP contribution < -0.4 is 5.73 Å². The summed E-state index contributed by atoms with van der Waals surface area (Å²) in [6.45, 7) is 3.00. The summed E-state index contributed by atoms with van der Waals surface area (Å²) in [4.78, 5) is 0. The number of methoxy groups -OCH3 is 1. The lowest BCUT2D eigenvalue weighted by molar-refractivity contribution is -0.0173. The third-order valence-corrected chi connectivity index (χ3v) is 1.55. The maximum Gasteiger partial charge on any atom is 0.0978 e. The Morgan fingerprint density at radius 3 is 2.58 bits per heavy atom. The summed E-state index contributed by atoms with van der Waals surface area (Å²) in [7, 11) is 1.58. The molecule has 0 amide bonds. The Hall–Kier alpha value is -0.160. The zero-order valence-electron chi connectivity index (χ0n) is 7.82. The molecule has 0 aromatic heterocycles. The molecule has 0 rings (SSSR count). The number of aliphatic hydroxyl groups is 1. The van der Waals surface area contributed by atoms with E-state index < -0.39 is 0 Å². The SMILES string of the molecule is CCCOC(CO)C(N)COC. The largest absolute Gasteiger partial charge is 0.394 e. The van der Waals surface area contributed by atoms with Crippen LogP contribution in [-0.2, 0) is 9.47 Å². The number of nitrogens with two attached hydrogens (primary N) is 1. The first-order chi connectivity index (χ1) is 5.76. The molecule has 0 aliphatic carbocycles. The zero-order chi connectivity index (χ0) is 9.40. The quantitative estimate of drug-likeness (QED) is 0.562. The molecular weight excluding hydrogens is 158 g/mol. The highest BCUT2D eigenvalue weighted by atomic mass is 16.5. The third-order valence-electron chi connectivity index (χ3n) is 1.55. The minimum absolute atomic E-state index is 0.0511. The first kappa shape index (κ1) is 11.8. The zero-order valence-corrected chi connectivity index (χ0v) is 7.82. The summed E-state index contributed by atoms with van der Waals surface area (Å²) in [5, 5.41) is 8.89. The Labute approximate surface area is 73.7 Å². The van der Waals surface area contributed by atoms with E-state index in [1.54, 1.807) is 7.11 Å². The van der Waals surface area contributed by atoms with Crippen LogP contribution in [0.3, 0.4) is 0 Å². The average molecular weight is 177 g/mol. The van der Waals surface area contributed by atoms with Crippen LogP contribution in [0.1, 0.15) is 13.3 Å². The highest BCUT2D eigenvalue weighted by Crippen LogP contribution is 1.98. The first-order valence-electron chi connectivity index (χ1n) is 4.23. The van der Waals surface area contributed by atoms with Gasteiger partial charge in [0.15, 0.2) is 0 Å². The molecule has 74 valence electrons. The fraction of sp³-hybridized carbons (Fsp3) is 1.00. The van der Waals surface area contributed by atoms with Gasteiger partial charge in [-0.3, -0.25) is 0 Å². The van der Waals surface area contributed by atoms with Gasteiger partial charge in [0, 0.05) is 13.7 Å². The molecule has 0 radical (unpaired) electrons. The van der Waals surface area contributed by atoms with Crippen LogP contribution in [-0.4, -0.2) is 44.2 Å². The van der Waals surface area contributed by atoms with E-state index in [9.17, 15) is 0 Å². The maximum absolute atomic E-state index is 8.89. The fourth-order valence-corrected chi connectivity index (χ4v) is 0.881. The minimum Gasteiger partial charge on any atom is -0.394 e. The van der Waals surface area contributed by atoms with Gasteiger partial charge in [0.25, 0.3) is 0 Å². The summed E-state index contributed by atoms with van der Waals surface area (Å²) < 4.78 is 10.2. The van der Waals surface area contributed by atoms with Crippen molar-refractivity contribution in [3.63, 3.8) is 0 Å². The Balaban J connectivity index is 3.62. The summed E-state index contributed by atoms with van der Waals surface area (Å²) in [5.41, 5.74) is 5.67. The molecule has 0 aromatic carbocycles. The van der Waals surface area contributed by atoms with Crippen molar-refractivity contribution in [3.8, 4) is 0 Å². The van der Waals surface area contributed by atoms with Crippen molar-refractivity contribution in [2.75, 3.05) is 26.9 Å². The Morgan fingerprint density at radius 1 is 1.50 bits per heavy atom. The number of aliphatic hydroxyl groups excluding tert-OH is 1. The maximum atomic E-state index is 8.89. The lowest BCUT2D eigenvalue weighted by atomic mass is 10.2. The van der Waals surface area contributed by atoms with Gasteiger partial charge in [-0.1, -0.05) is 6.92 Å². The lowest BCUT2D eigenvalue weighted by Gasteiger charge is -2.21. The van der Waals surface area contributed by atoms with Gasteiger partial charge in [0.05, 0.1) is 25.4 Å². The molecule has 4 heteroatoms. The van der Waals surface area contributed by atoms with Crippen molar-refractivity contribution in [2.24, 2.45) is 5.73 Å². The van der Waals surface area contributed by atoms with E-state index in [-0.39, 0.29) is 18.8 Å². The third kappa shape index (κ3) is 4.66. The van der Waals surface area contributed by atoms with Crippen LogP contribution in [0.4, 0.5) is 0 Å². The first-order valence-corrected chi connectivity index (χ1v) is 4.23. The van der Waals surface area contributed by atoms with E-state index in [0.717, 1.165) is 6.42 Å². The molecule has 0 spiro atoms. The van der Waals surface area contributed by atoms with E-state index >= 15 is 0 Å². The van der Waals surface area contributed by atoms with Crippen LogP contribution in [0, 0.1) is 0 Å². The van der Waals surface area contributed by atoms with E-state index in [4.69, 9.17) is 20.3 Å². The predicted molar refractivity (Wildman–Crippen MR) is 47.0 cm³/mol. The molecular formula is C8H19NO3. The molecule has 0 fully saturated rings. The summed E-state index contributed by atoms with van der Waals surface area (Å²) in [6.07, 6.45) is 0.626. The molecule has 0 aliphatic rings. The molecule has 3 N–H and O–H groups in total. The Morgan fingerprint density at radius 2 is 2.17 bits per heavy atom. The predicted octanol–water partition coefficient (Wildman–Crippen LogP) is -0.252. The Kier molecular flexibility index (Phi) is 7.39. The normalized spacial score (nSPS) is 16.0. The second-order valence-corrected chi connectivity index (χ2v) is 2.71. The average Bonchev–Trinajstić information content (AvgIpc) is 2.06. The van der Waals surface area contributed by atoms with Gasteiger partial charge in [0.2, 0.25) is 0 Å². The van der Waals surface area contributed by atoms with Crippen LogP contribution in [0.25, 0.3) is 0 Å². The van der Waals surface area contributed by atoms with Gasteiger partial charge < -0.3 is 20.3 Å². The second-order valence-electron chi connectivity index (χ2n) is 2.71. The van der Waals surface area contributed by atoms with Crippen LogP contribution in [0.2, 0.25) is 0 Å². The van der Waals surface area contributed by atoms with Gasteiger partial charge in [-0.2, -0.15) is 0 Å². The van der Waals surface area contributed by atoms with E-state index in [1.165, 1.54) is 0 Å². The van der Waals surface area contributed by atoms with E-state index in [1.807, 2.05) is 6.92 Å². The van der Waals surface area contributed by atoms with E-state index in [0.29, 0.717) is 13.2 Å². The second kappa shape index (κ2) is 7.49. The standard InChI is InChI=1S/C8H19NO3/c1-3-4-12-8(5-10)7(9)6-11-2/h7-8,10H,3-6,9H2,1-2H3. The van der Waals surface area contributed by atoms with Crippen molar-refractivity contribution in [1.29, 1.82) is 0 Å². The number of ether oxygens (including phenoxy) is 2. The molecule has 0 saturated carbocycles. The molecule has 2 unspecified atom stereocenters. The van der Waals surface area contributed by atoms with Gasteiger partial charge in [-0.05, 0) is 6.42 Å². The molecule has 0 bridgehead atoms. The lowest BCUT2D eigenvalue weighted by Crippen LogP contribution is -2.42. The summed E-state index contributed by atoms with van der Waals surface area (Å²) in [6, 6.07) is -0.244. The highest BCUT2D eigenvalue weighted by molar-refractivity contribution is 4.71. The van der Waals surface area contributed by atoms with Gasteiger partial charge in [-0.15, -0.1) is 0 Å². The smallest absolute Gasteiger partial charge is 0.0978 e. The van der Waals surface area contributed by atoms with Crippen molar-refractivity contribution >= 4 is 0 Å². The summed E-state index contributed by atoms with van der Waals surface area (Å²) in [5.74, 6) is 0. The number of rotatable bonds is 7. The topological polar surface area (TPSA) is 64.7 Å². The van der Waals surface area contributed by atoms with Crippen LogP contribution in [0.5, 0.6) is 0 Å². The molecule has 2 atom stereocenters. The van der Waals surface area contributed by atoms with Crippen molar-refractivity contribution in [2.45, 2.75) is 25.5 Å². The van der Waals surface area contributed by atoms with E-state index in [2.05, 4.69) is 0 Å². The monoisotopic (exact) mass is 177 g/mol. The highest BCUT2D eigenvalue weighted by Gasteiger charge is 2.16. The molecule has 0 aromatic rings. The Bertz CT molecular complexity index is 100.